The van der Waals surface area contributed by atoms with Crippen molar-refractivity contribution in [3.8, 4) is 0 Å². The van der Waals surface area contributed by atoms with E-state index >= 15 is 0 Å². The quantitative estimate of drug-likeness (QED) is 0.230. The SMILES string of the molecule is CCOC(=O)c1sc(N2C(=O)c3ccc4c5c(ccc(c35)C2=O)C(=O)N(c2nc(C)c(C(=O)OCC)s2)C4=O)nc1C. The third-order valence-corrected chi connectivity index (χ3v) is 9.01. The van der Waals surface area contributed by atoms with Crippen molar-refractivity contribution in [2.24, 2.45) is 0 Å². The number of hydrogen-bond donors (Lipinski definition) is 0. The number of ether oxygens (including phenoxy) is 2. The van der Waals surface area contributed by atoms with Crippen LogP contribution in [-0.4, -0.2) is 58.7 Å². The van der Waals surface area contributed by atoms with Crippen LogP contribution in [0.2, 0.25) is 0 Å². The van der Waals surface area contributed by atoms with Crippen LogP contribution in [0.5, 0.6) is 0 Å². The van der Waals surface area contributed by atoms with Crippen molar-refractivity contribution in [3.05, 3.63) is 67.7 Å². The predicted molar refractivity (Wildman–Crippen MR) is 152 cm³/mol. The van der Waals surface area contributed by atoms with Gasteiger partial charge in [0.1, 0.15) is 9.75 Å². The number of amides is 4. The van der Waals surface area contributed by atoms with E-state index < -0.39 is 35.6 Å². The van der Waals surface area contributed by atoms with Gasteiger partial charge in [0.05, 0.1) is 24.6 Å². The molecule has 0 N–H and O–H groups in total. The highest BCUT2D eigenvalue weighted by atomic mass is 32.1. The monoisotopic (exact) mass is 604 g/mol. The number of imide groups is 2. The van der Waals surface area contributed by atoms with Crippen LogP contribution >= 0.6 is 22.7 Å². The van der Waals surface area contributed by atoms with Crippen molar-refractivity contribution in [1.29, 1.82) is 0 Å². The first-order chi connectivity index (χ1) is 20.1. The molecule has 14 heteroatoms. The molecule has 2 aromatic carbocycles. The summed E-state index contributed by atoms with van der Waals surface area (Å²) in [7, 11) is 0. The molecule has 12 nitrogen and oxygen atoms in total. The van der Waals surface area contributed by atoms with Gasteiger partial charge in [-0.2, -0.15) is 0 Å². The van der Waals surface area contributed by atoms with E-state index in [-0.39, 0.29) is 66.3 Å². The first kappa shape index (κ1) is 27.4. The van der Waals surface area contributed by atoms with Crippen molar-refractivity contribution in [1.82, 2.24) is 9.97 Å². The van der Waals surface area contributed by atoms with Gasteiger partial charge in [-0.05, 0) is 52.0 Å². The molecule has 0 bridgehead atoms. The van der Waals surface area contributed by atoms with Crippen molar-refractivity contribution in [3.63, 3.8) is 0 Å². The van der Waals surface area contributed by atoms with Crippen LogP contribution in [0.4, 0.5) is 10.3 Å². The van der Waals surface area contributed by atoms with Crippen LogP contribution in [0.3, 0.4) is 0 Å². The lowest BCUT2D eigenvalue weighted by Gasteiger charge is -2.30. The highest BCUT2D eigenvalue weighted by molar-refractivity contribution is 7.18. The summed E-state index contributed by atoms with van der Waals surface area (Å²) in [6, 6.07) is 5.68. The van der Waals surface area contributed by atoms with E-state index in [9.17, 15) is 28.8 Å². The van der Waals surface area contributed by atoms with E-state index in [1.165, 1.54) is 24.3 Å². The molecule has 2 aromatic heterocycles. The van der Waals surface area contributed by atoms with E-state index in [1.807, 2.05) is 0 Å². The fourth-order valence-corrected chi connectivity index (χ4v) is 6.87. The molecule has 0 radical (unpaired) electrons. The summed E-state index contributed by atoms with van der Waals surface area (Å²) in [5.74, 6) is -4.06. The first-order valence-corrected chi connectivity index (χ1v) is 14.4. The molecule has 6 rings (SSSR count). The second-order valence-electron chi connectivity index (χ2n) is 9.23. The van der Waals surface area contributed by atoms with Gasteiger partial charge in [-0.15, -0.1) is 0 Å². The largest absolute Gasteiger partial charge is 0.462 e. The Kier molecular flexibility index (Phi) is 6.46. The van der Waals surface area contributed by atoms with E-state index in [0.29, 0.717) is 11.4 Å². The number of esters is 2. The molecule has 0 saturated heterocycles. The van der Waals surface area contributed by atoms with Crippen LogP contribution < -0.4 is 9.80 Å². The first-order valence-electron chi connectivity index (χ1n) is 12.7. The molecule has 42 heavy (non-hydrogen) atoms. The number of carbonyl (C=O) groups excluding carboxylic acids is 6. The number of anilines is 2. The van der Waals surface area contributed by atoms with Crippen molar-refractivity contribution in [2.45, 2.75) is 27.7 Å². The Bertz CT molecular complexity index is 1720. The summed E-state index contributed by atoms with van der Waals surface area (Å²) in [5.41, 5.74) is 1.01. The summed E-state index contributed by atoms with van der Waals surface area (Å²) >= 11 is 1.72. The van der Waals surface area contributed by atoms with Crippen molar-refractivity contribution >= 4 is 79.3 Å². The Labute approximate surface area is 245 Å². The smallest absolute Gasteiger partial charge is 0.350 e. The molecule has 0 spiro atoms. The van der Waals surface area contributed by atoms with E-state index in [1.54, 1.807) is 27.7 Å². The fraction of sp³-hybridized carbons (Fsp3) is 0.214. The minimum atomic E-state index is -0.711. The minimum absolute atomic E-state index is 0.000489. The van der Waals surface area contributed by atoms with Gasteiger partial charge >= 0.3 is 11.9 Å². The highest BCUT2D eigenvalue weighted by Gasteiger charge is 2.42. The number of hydrogen-bond acceptors (Lipinski definition) is 12. The summed E-state index contributed by atoms with van der Waals surface area (Å²) in [5, 5.41) is 0.358. The van der Waals surface area contributed by atoms with Crippen LogP contribution in [-0.2, 0) is 9.47 Å². The maximum absolute atomic E-state index is 13.7. The van der Waals surface area contributed by atoms with Crippen LogP contribution in [0.25, 0.3) is 10.8 Å². The number of rotatable bonds is 6. The van der Waals surface area contributed by atoms with Crippen LogP contribution in [0.15, 0.2) is 24.3 Å². The lowest BCUT2D eigenvalue weighted by atomic mass is 9.86. The predicted octanol–water partition coefficient (Wildman–Crippen LogP) is 4.32. The molecular weight excluding hydrogens is 584 g/mol. The summed E-state index contributed by atoms with van der Waals surface area (Å²) in [6.07, 6.45) is 0. The van der Waals surface area contributed by atoms with E-state index in [0.717, 1.165) is 32.5 Å². The van der Waals surface area contributed by atoms with Gasteiger partial charge in [-0.3, -0.25) is 19.2 Å². The van der Waals surface area contributed by atoms with Gasteiger partial charge in [-0.1, -0.05) is 22.7 Å². The normalized spacial score (nSPS) is 14.2. The lowest BCUT2D eigenvalue weighted by Crippen LogP contribution is -2.43. The van der Waals surface area contributed by atoms with Gasteiger partial charge < -0.3 is 9.47 Å². The minimum Gasteiger partial charge on any atom is -0.462 e. The molecular formula is C28H20N4O8S2. The van der Waals surface area contributed by atoms with Gasteiger partial charge in [-0.25, -0.2) is 29.4 Å². The maximum Gasteiger partial charge on any atom is 0.350 e. The fourth-order valence-electron chi connectivity index (χ4n) is 4.95. The molecule has 4 amide bonds. The molecule has 0 unspecified atom stereocenters. The Morgan fingerprint density at radius 1 is 0.643 bits per heavy atom. The Hall–Kier alpha value is -4.82. The van der Waals surface area contributed by atoms with Crippen molar-refractivity contribution in [2.75, 3.05) is 23.0 Å². The van der Waals surface area contributed by atoms with Crippen LogP contribution in [0, 0.1) is 13.8 Å². The zero-order chi connectivity index (χ0) is 30.0. The molecule has 4 aromatic rings. The standard InChI is InChI=1S/C28H20N4O8S2/c1-5-39-25(37)19-11(3)29-27(41-19)31-21(33)13-7-9-15-18-16(10-8-14(17(13)18)22(31)34)24(36)32(23(15)35)28-30-12(4)20(42-28)26(38)40-6-2/h7-10H,5-6H2,1-4H3. The lowest BCUT2D eigenvalue weighted by molar-refractivity contribution is 0.0521. The molecule has 2 aliphatic heterocycles. The topological polar surface area (TPSA) is 153 Å². The Balaban J connectivity index is 1.44. The molecule has 212 valence electrons. The number of benzene rings is 2. The highest BCUT2D eigenvalue weighted by Crippen LogP contribution is 2.41. The number of nitrogens with zero attached hydrogens (tertiary/aromatic N) is 4. The second-order valence-corrected chi connectivity index (χ2v) is 11.2. The van der Waals surface area contributed by atoms with Gasteiger partial charge in [0.15, 0.2) is 0 Å². The summed E-state index contributed by atoms with van der Waals surface area (Å²) in [6.45, 7) is 6.78. The molecule has 2 aliphatic rings. The number of aryl methyl sites for hydroxylation is 2. The van der Waals surface area contributed by atoms with E-state index in [2.05, 4.69) is 9.97 Å². The van der Waals surface area contributed by atoms with E-state index in [4.69, 9.17) is 9.47 Å². The average molecular weight is 605 g/mol. The third kappa shape index (κ3) is 3.86. The molecule has 4 heterocycles. The molecule has 0 saturated carbocycles. The van der Waals surface area contributed by atoms with Gasteiger partial charge in [0.2, 0.25) is 10.3 Å². The third-order valence-electron chi connectivity index (χ3n) is 6.77. The molecule has 0 aliphatic carbocycles. The zero-order valence-electron chi connectivity index (χ0n) is 22.6. The summed E-state index contributed by atoms with van der Waals surface area (Å²) < 4.78 is 10.1. The maximum atomic E-state index is 13.7. The number of thiazole rings is 2. The van der Waals surface area contributed by atoms with Crippen LogP contribution in [0.1, 0.15) is 86.0 Å². The average Bonchev–Trinajstić information content (AvgIpc) is 3.53. The van der Waals surface area contributed by atoms with Gasteiger partial charge in [0, 0.05) is 33.0 Å². The zero-order valence-corrected chi connectivity index (χ0v) is 24.2. The summed E-state index contributed by atoms with van der Waals surface area (Å²) in [4.78, 5) is 90.1. The molecule has 0 fully saturated rings. The second kappa shape index (κ2) is 9.92. The number of carbonyl (C=O) groups is 6. The van der Waals surface area contributed by atoms with Crippen molar-refractivity contribution < 1.29 is 38.2 Å². The van der Waals surface area contributed by atoms with Gasteiger partial charge in [0.25, 0.3) is 23.6 Å². The Morgan fingerprint density at radius 3 is 1.24 bits per heavy atom. The molecule has 0 atom stereocenters. The Morgan fingerprint density at radius 2 is 0.952 bits per heavy atom. The number of aromatic nitrogens is 2.